The number of cyclic esters (lactones) is 1. The molecule has 0 aromatic heterocycles. The maximum absolute atomic E-state index is 10.9. The van der Waals surface area contributed by atoms with Crippen molar-refractivity contribution in [2.24, 2.45) is 11.7 Å². The van der Waals surface area contributed by atoms with Gasteiger partial charge in [-0.05, 0) is 26.8 Å². The van der Waals surface area contributed by atoms with Crippen LogP contribution < -0.4 is 5.73 Å². The Hall–Kier alpha value is -0.570. The van der Waals surface area contributed by atoms with Crippen LogP contribution in [0.4, 0.5) is 0 Å². The van der Waals surface area contributed by atoms with Crippen molar-refractivity contribution < 1.29 is 9.53 Å². The first kappa shape index (κ1) is 8.53. The van der Waals surface area contributed by atoms with E-state index in [9.17, 15) is 4.79 Å². The fourth-order valence-corrected chi connectivity index (χ4v) is 1.52. The number of esters is 1. The van der Waals surface area contributed by atoms with Crippen molar-refractivity contribution >= 4 is 5.97 Å². The van der Waals surface area contributed by atoms with Crippen molar-refractivity contribution in [3.8, 4) is 0 Å². The third-order valence-corrected chi connectivity index (χ3v) is 2.29. The number of carbonyl (C=O) groups is 1. The van der Waals surface area contributed by atoms with Crippen LogP contribution in [0.1, 0.15) is 26.7 Å². The SMILES string of the molecule is CC1(C)OC(=O)C[C@@H]1CCN. The van der Waals surface area contributed by atoms with Gasteiger partial charge in [-0.1, -0.05) is 0 Å². The molecular formula is C8H15NO2. The van der Waals surface area contributed by atoms with Crippen molar-refractivity contribution in [3.05, 3.63) is 0 Å². The van der Waals surface area contributed by atoms with E-state index in [1.54, 1.807) is 0 Å². The van der Waals surface area contributed by atoms with Crippen LogP contribution >= 0.6 is 0 Å². The Bertz CT molecular complexity index is 165. The number of rotatable bonds is 2. The number of carbonyl (C=O) groups excluding carboxylic acids is 1. The first-order valence-corrected chi connectivity index (χ1v) is 3.98. The fourth-order valence-electron chi connectivity index (χ4n) is 1.52. The second-order valence-corrected chi connectivity index (χ2v) is 3.56. The molecule has 0 saturated carbocycles. The van der Waals surface area contributed by atoms with E-state index in [0.29, 0.717) is 18.9 Å². The highest BCUT2D eigenvalue weighted by Gasteiger charge is 2.40. The molecule has 0 aliphatic carbocycles. The predicted molar refractivity (Wildman–Crippen MR) is 41.9 cm³/mol. The van der Waals surface area contributed by atoms with Crippen LogP contribution in [0.15, 0.2) is 0 Å². The second kappa shape index (κ2) is 2.81. The molecule has 2 N–H and O–H groups in total. The molecule has 0 bridgehead atoms. The van der Waals surface area contributed by atoms with Gasteiger partial charge in [0.2, 0.25) is 0 Å². The molecule has 0 amide bonds. The minimum atomic E-state index is -0.295. The molecule has 11 heavy (non-hydrogen) atoms. The molecule has 0 aromatic carbocycles. The van der Waals surface area contributed by atoms with Gasteiger partial charge in [0.25, 0.3) is 0 Å². The Balaban J connectivity index is 2.58. The minimum Gasteiger partial charge on any atom is -0.459 e. The lowest BCUT2D eigenvalue weighted by Gasteiger charge is -2.23. The van der Waals surface area contributed by atoms with E-state index in [2.05, 4.69) is 0 Å². The zero-order valence-corrected chi connectivity index (χ0v) is 7.09. The average molecular weight is 157 g/mol. The van der Waals surface area contributed by atoms with Gasteiger partial charge in [0.15, 0.2) is 0 Å². The van der Waals surface area contributed by atoms with E-state index in [4.69, 9.17) is 10.5 Å². The monoisotopic (exact) mass is 157 g/mol. The van der Waals surface area contributed by atoms with Crippen LogP contribution in [0, 0.1) is 5.92 Å². The van der Waals surface area contributed by atoms with Crippen molar-refractivity contribution in [1.29, 1.82) is 0 Å². The summed E-state index contributed by atoms with van der Waals surface area (Å²) in [6.45, 7) is 4.52. The van der Waals surface area contributed by atoms with Gasteiger partial charge in [-0.3, -0.25) is 4.79 Å². The molecule has 1 heterocycles. The molecule has 0 spiro atoms. The molecule has 1 saturated heterocycles. The second-order valence-electron chi connectivity index (χ2n) is 3.56. The molecule has 1 aliphatic rings. The Morgan fingerprint density at radius 2 is 2.36 bits per heavy atom. The molecule has 0 unspecified atom stereocenters. The summed E-state index contributed by atoms with van der Waals surface area (Å²) in [5, 5.41) is 0. The summed E-state index contributed by atoms with van der Waals surface area (Å²) in [7, 11) is 0. The highest BCUT2D eigenvalue weighted by atomic mass is 16.6. The summed E-state index contributed by atoms with van der Waals surface area (Å²) in [4.78, 5) is 10.9. The number of nitrogens with two attached hydrogens (primary N) is 1. The van der Waals surface area contributed by atoms with Gasteiger partial charge in [-0.25, -0.2) is 0 Å². The first-order chi connectivity index (χ1) is 5.06. The summed E-state index contributed by atoms with van der Waals surface area (Å²) in [5.74, 6) is 0.216. The normalized spacial score (nSPS) is 28.6. The third kappa shape index (κ3) is 1.71. The van der Waals surface area contributed by atoms with Crippen molar-refractivity contribution in [2.45, 2.75) is 32.3 Å². The zero-order valence-electron chi connectivity index (χ0n) is 7.09. The van der Waals surface area contributed by atoms with E-state index >= 15 is 0 Å². The average Bonchev–Trinajstić information content (AvgIpc) is 2.07. The molecule has 3 heteroatoms. The van der Waals surface area contributed by atoms with Gasteiger partial charge in [0, 0.05) is 5.92 Å². The summed E-state index contributed by atoms with van der Waals surface area (Å²) in [6, 6.07) is 0. The molecule has 0 radical (unpaired) electrons. The van der Waals surface area contributed by atoms with E-state index in [0.717, 1.165) is 6.42 Å². The lowest BCUT2D eigenvalue weighted by atomic mass is 9.88. The highest BCUT2D eigenvalue weighted by Crippen LogP contribution is 2.34. The standard InChI is InChI=1S/C8H15NO2/c1-8(2)6(3-4-9)5-7(10)11-8/h6H,3-5,9H2,1-2H3/t6-/m0/s1. The summed E-state index contributed by atoms with van der Waals surface area (Å²) in [5.41, 5.74) is 5.11. The van der Waals surface area contributed by atoms with Gasteiger partial charge in [-0.2, -0.15) is 0 Å². The van der Waals surface area contributed by atoms with Crippen LogP contribution in [0.3, 0.4) is 0 Å². The summed E-state index contributed by atoms with van der Waals surface area (Å²) < 4.78 is 5.12. The maximum atomic E-state index is 10.9. The van der Waals surface area contributed by atoms with Crippen molar-refractivity contribution in [1.82, 2.24) is 0 Å². The van der Waals surface area contributed by atoms with Gasteiger partial charge < -0.3 is 10.5 Å². The molecule has 1 rings (SSSR count). The summed E-state index contributed by atoms with van der Waals surface area (Å²) >= 11 is 0. The Kier molecular flexibility index (Phi) is 2.18. The van der Waals surface area contributed by atoms with Crippen LogP contribution in [-0.2, 0) is 9.53 Å². The third-order valence-electron chi connectivity index (χ3n) is 2.29. The van der Waals surface area contributed by atoms with Gasteiger partial charge in [-0.15, -0.1) is 0 Å². The largest absolute Gasteiger partial charge is 0.459 e. The predicted octanol–water partition coefficient (Wildman–Crippen LogP) is 0.677. The maximum Gasteiger partial charge on any atom is 0.306 e. The Labute approximate surface area is 66.9 Å². The van der Waals surface area contributed by atoms with E-state index in [-0.39, 0.29) is 11.6 Å². The Morgan fingerprint density at radius 3 is 2.73 bits per heavy atom. The van der Waals surface area contributed by atoms with Crippen LogP contribution in [0.5, 0.6) is 0 Å². The molecular weight excluding hydrogens is 142 g/mol. The van der Waals surface area contributed by atoms with Gasteiger partial charge in [0.1, 0.15) is 5.60 Å². The molecule has 1 aliphatic heterocycles. The lowest BCUT2D eigenvalue weighted by molar-refractivity contribution is -0.146. The van der Waals surface area contributed by atoms with Crippen molar-refractivity contribution in [2.75, 3.05) is 6.54 Å². The highest BCUT2D eigenvalue weighted by molar-refractivity contribution is 5.72. The Morgan fingerprint density at radius 1 is 1.73 bits per heavy atom. The topological polar surface area (TPSA) is 52.3 Å². The number of hydrogen-bond acceptors (Lipinski definition) is 3. The first-order valence-electron chi connectivity index (χ1n) is 3.98. The molecule has 3 nitrogen and oxygen atoms in total. The van der Waals surface area contributed by atoms with E-state index < -0.39 is 0 Å². The van der Waals surface area contributed by atoms with Crippen LogP contribution in [0.2, 0.25) is 0 Å². The van der Waals surface area contributed by atoms with E-state index in [1.165, 1.54) is 0 Å². The van der Waals surface area contributed by atoms with Crippen LogP contribution in [0.25, 0.3) is 0 Å². The van der Waals surface area contributed by atoms with Crippen molar-refractivity contribution in [3.63, 3.8) is 0 Å². The minimum absolute atomic E-state index is 0.0894. The van der Waals surface area contributed by atoms with Crippen LogP contribution in [-0.4, -0.2) is 18.1 Å². The zero-order chi connectivity index (χ0) is 8.48. The summed E-state index contributed by atoms with van der Waals surface area (Å²) in [6.07, 6.45) is 1.41. The number of hydrogen-bond donors (Lipinski definition) is 1. The van der Waals surface area contributed by atoms with E-state index in [1.807, 2.05) is 13.8 Å². The molecule has 0 aromatic rings. The number of ether oxygens (including phenoxy) is 1. The smallest absolute Gasteiger partial charge is 0.306 e. The molecule has 1 fully saturated rings. The fraction of sp³-hybridized carbons (Fsp3) is 0.875. The molecule has 1 atom stereocenters. The lowest BCUT2D eigenvalue weighted by Crippen LogP contribution is -2.29. The molecule has 64 valence electrons. The van der Waals surface area contributed by atoms with Gasteiger partial charge >= 0.3 is 5.97 Å². The quantitative estimate of drug-likeness (QED) is 0.599. The van der Waals surface area contributed by atoms with Gasteiger partial charge in [0.05, 0.1) is 6.42 Å².